The van der Waals surface area contributed by atoms with Gasteiger partial charge in [-0.25, -0.2) is 13.4 Å². The minimum Gasteiger partial charge on any atom is -0.497 e. The van der Waals surface area contributed by atoms with Crippen LogP contribution in [0.1, 0.15) is 24.8 Å². The first-order chi connectivity index (χ1) is 14.3. The molecule has 0 radical (unpaired) electrons. The molecule has 1 N–H and O–H groups in total. The summed E-state index contributed by atoms with van der Waals surface area (Å²) in [5.74, 6) is 1.38. The van der Waals surface area contributed by atoms with E-state index in [0.29, 0.717) is 37.5 Å². The van der Waals surface area contributed by atoms with Gasteiger partial charge < -0.3 is 14.4 Å². The number of ether oxygens (including phenoxy) is 2. The first-order valence-electron chi connectivity index (χ1n) is 9.83. The molecule has 162 valence electrons. The maximum atomic E-state index is 12.5. The predicted octanol–water partition coefficient (Wildman–Crippen LogP) is 2.46. The van der Waals surface area contributed by atoms with Crippen LogP contribution in [0.5, 0.6) is 11.6 Å². The molecule has 1 fully saturated rings. The lowest BCUT2D eigenvalue weighted by Crippen LogP contribution is -2.41. The number of hydrogen-bond acceptors (Lipinski definition) is 6. The van der Waals surface area contributed by atoms with Crippen LogP contribution in [0.2, 0.25) is 0 Å². The van der Waals surface area contributed by atoms with E-state index in [9.17, 15) is 13.2 Å². The highest BCUT2D eigenvalue weighted by Gasteiger charge is 2.24. The second-order valence-electron chi connectivity index (χ2n) is 7.31. The van der Waals surface area contributed by atoms with Crippen LogP contribution in [0.3, 0.4) is 0 Å². The van der Waals surface area contributed by atoms with Crippen molar-refractivity contribution in [2.24, 2.45) is 0 Å². The maximum Gasteiger partial charge on any atom is 0.229 e. The van der Waals surface area contributed by atoms with E-state index in [0.717, 1.165) is 30.4 Å². The molecular formula is C21H27N3O5S. The molecule has 1 aliphatic heterocycles. The molecule has 2 heterocycles. The number of piperidine rings is 1. The van der Waals surface area contributed by atoms with Crippen LogP contribution in [-0.2, 0) is 21.2 Å². The highest BCUT2D eigenvalue weighted by atomic mass is 32.2. The van der Waals surface area contributed by atoms with Gasteiger partial charge in [-0.2, -0.15) is 0 Å². The van der Waals surface area contributed by atoms with Crippen LogP contribution >= 0.6 is 0 Å². The standard InChI is InChI=1S/C21H27N3O5S/c1-28-19-5-3-4-16(14-19)6-9-21(25)24-12-10-18(11-13-24)29-20-8-7-17(15-22-20)23-30(2,26)27/h3-5,7-8,14-15,18,23H,6,9-13H2,1-2H3. The van der Waals surface area contributed by atoms with E-state index in [-0.39, 0.29) is 12.0 Å². The molecule has 1 aromatic heterocycles. The van der Waals surface area contributed by atoms with Gasteiger partial charge in [0.25, 0.3) is 0 Å². The fourth-order valence-electron chi connectivity index (χ4n) is 3.36. The van der Waals surface area contributed by atoms with Gasteiger partial charge in [-0.05, 0) is 30.2 Å². The average molecular weight is 434 g/mol. The van der Waals surface area contributed by atoms with E-state index >= 15 is 0 Å². The minimum absolute atomic E-state index is 0.0198. The number of carbonyl (C=O) groups excluding carboxylic acids is 1. The zero-order chi connectivity index (χ0) is 21.6. The minimum atomic E-state index is -3.33. The molecule has 3 rings (SSSR count). The number of amides is 1. The van der Waals surface area contributed by atoms with Gasteiger partial charge in [-0.1, -0.05) is 12.1 Å². The number of aromatic nitrogens is 1. The summed E-state index contributed by atoms with van der Waals surface area (Å²) >= 11 is 0. The summed E-state index contributed by atoms with van der Waals surface area (Å²) in [4.78, 5) is 18.6. The van der Waals surface area contributed by atoms with Crippen LogP contribution in [0.15, 0.2) is 42.6 Å². The normalized spacial score (nSPS) is 14.9. The SMILES string of the molecule is COc1cccc(CCC(=O)N2CCC(Oc3ccc(NS(C)(=O)=O)cn3)CC2)c1. The van der Waals surface area contributed by atoms with Crippen molar-refractivity contribution in [2.75, 3.05) is 31.2 Å². The highest BCUT2D eigenvalue weighted by molar-refractivity contribution is 7.92. The Morgan fingerprint density at radius 1 is 1.23 bits per heavy atom. The summed E-state index contributed by atoms with van der Waals surface area (Å²) in [6.45, 7) is 1.30. The molecule has 0 spiro atoms. The number of carbonyl (C=O) groups is 1. The van der Waals surface area contributed by atoms with E-state index in [1.165, 1.54) is 6.20 Å². The first-order valence-corrected chi connectivity index (χ1v) is 11.7. The van der Waals surface area contributed by atoms with Gasteiger partial charge in [-0.15, -0.1) is 0 Å². The number of sulfonamides is 1. The molecule has 8 nitrogen and oxygen atoms in total. The number of aryl methyl sites for hydroxylation is 1. The highest BCUT2D eigenvalue weighted by Crippen LogP contribution is 2.20. The monoisotopic (exact) mass is 433 g/mol. The molecule has 1 aliphatic rings. The molecule has 1 amide bonds. The summed E-state index contributed by atoms with van der Waals surface area (Å²) in [5, 5.41) is 0. The lowest BCUT2D eigenvalue weighted by atomic mass is 10.1. The third kappa shape index (κ3) is 6.62. The molecule has 1 saturated heterocycles. The number of hydrogen-bond donors (Lipinski definition) is 1. The number of benzene rings is 1. The van der Waals surface area contributed by atoms with Crippen molar-refractivity contribution in [2.45, 2.75) is 31.8 Å². The van der Waals surface area contributed by atoms with Gasteiger partial charge in [0.2, 0.25) is 21.8 Å². The van der Waals surface area contributed by atoms with Crippen LogP contribution in [0.4, 0.5) is 5.69 Å². The largest absolute Gasteiger partial charge is 0.497 e. The second kappa shape index (κ2) is 9.80. The Bertz CT molecular complexity index is 955. The maximum absolute atomic E-state index is 12.5. The van der Waals surface area contributed by atoms with Gasteiger partial charge >= 0.3 is 0 Å². The zero-order valence-electron chi connectivity index (χ0n) is 17.2. The molecular weight excluding hydrogens is 406 g/mol. The van der Waals surface area contributed by atoms with Gasteiger partial charge in [-0.3, -0.25) is 9.52 Å². The summed E-state index contributed by atoms with van der Waals surface area (Å²) in [5.41, 5.74) is 1.47. The van der Waals surface area contributed by atoms with Gasteiger partial charge in [0.05, 0.1) is 25.2 Å². The number of likely N-dealkylation sites (tertiary alicyclic amines) is 1. The Morgan fingerprint density at radius 3 is 2.63 bits per heavy atom. The van der Waals surface area contributed by atoms with Gasteiger partial charge in [0.1, 0.15) is 11.9 Å². The second-order valence-corrected chi connectivity index (χ2v) is 9.06. The predicted molar refractivity (Wildman–Crippen MR) is 114 cm³/mol. The number of pyridine rings is 1. The van der Waals surface area contributed by atoms with Gasteiger partial charge in [0.15, 0.2) is 0 Å². The fraction of sp³-hybridized carbons (Fsp3) is 0.429. The summed E-state index contributed by atoms with van der Waals surface area (Å²) in [6.07, 6.45) is 5.11. The van der Waals surface area contributed by atoms with Crippen molar-refractivity contribution >= 4 is 21.6 Å². The molecule has 0 atom stereocenters. The fourth-order valence-corrected chi connectivity index (χ4v) is 3.90. The summed E-state index contributed by atoms with van der Waals surface area (Å²) in [7, 11) is -1.70. The van der Waals surface area contributed by atoms with Crippen LogP contribution < -0.4 is 14.2 Å². The first kappa shape index (κ1) is 21.9. The van der Waals surface area contributed by atoms with Crippen LogP contribution in [-0.4, -0.2) is 56.8 Å². The third-order valence-electron chi connectivity index (χ3n) is 4.88. The number of anilines is 1. The Hall–Kier alpha value is -2.81. The molecule has 30 heavy (non-hydrogen) atoms. The number of nitrogens with one attached hydrogen (secondary N) is 1. The van der Waals surface area contributed by atoms with E-state index in [4.69, 9.17) is 9.47 Å². The number of rotatable bonds is 8. The molecule has 2 aromatic rings. The van der Waals surface area contributed by atoms with E-state index in [1.807, 2.05) is 29.2 Å². The zero-order valence-corrected chi connectivity index (χ0v) is 18.0. The Morgan fingerprint density at radius 2 is 2.00 bits per heavy atom. The topological polar surface area (TPSA) is 97.8 Å². The van der Waals surface area contributed by atoms with Crippen molar-refractivity contribution < 1.29 is 22.7 Å². The molecule has 0 saturated carbocycles. The molecule has 9 heteroatoms. The summed E-state index contributed by atoms with van der Waals surface area (Å²) in [6, 6.07) is 11.0. The molecule has 0 aliphatic carbocycles. The Balaban J connectivity index is 1.43. The van der Waals surface area contributed by atoms with E-state index < -0.39 is 10.0 Å². The van der Waals surface area contributed by atoms with Crippen molar-refractivity contribution in [3.63, 3.8) is 0 Å². The lowest BCUT2D eigenvalue weighted by molar-refractivity contribution is -0.132. The van der Waals surface area contributed by atoms with Crippen molar-refractivity contribution in [3.8, 4) is 11.6 Å². The van der Waals surface area contributed by atoms with E-state index in [1.54, 1.807) is 19.2 Å². The van der Waals surface area contributed by atoms with Crippen LogP contribution in [0.25, 0.3) is 0 Å². The Labute approximate surface area is 177 Å². The number of nitrogens with zero attached hydrogens (tertiary/aromatic N) is 2. The molecule has 1 aromatic carbocycles. The van der Waals surface area contributed by atoms with Crippen molar-refractivity contribution in [1.82, 2.24) is 9.88 Å². The Kier molecular flexibility index (Phi) is 7.15. The average Bonchev–Trinajstić information content (AvgIpc) is 2.73. The lowest BCUT2D eigenvalue weighted by Gasteiger charge is -2.32. The quantitative estimate of drug-likeness (QED) is 0.687. The van der Waals surface area contributed by atoms with Gasteiger partial charge in [0, 0.05) is 38.4 Å². The number of methoxy groups -OCH3 is 1. The van der Waals surface area contributed by atoms with Crippen molar-refractivity contribution in [1.29, 1.82) is 0 Å². The van der Waals surface area contributed by atoms with E-state index in [2.05, 4.69) is 9.71 Å². The molecule has 0 bridgehead atoms. The summed E-state index contributed by atoms with van der Waals surface area (Å²) < 4.78 is 35.9. The van der Waals surface area contributed by atoms with Crippen molar-refractivity contribution in [3.05, 3.63) is 48.2 Å². The van der Waals surface area contributed by atoms with Crippen LogP contribution in [0, 0.1) is 0 Å². The third-order valence-corrected chi connectivity index (χ3v) is 5.49. The smallest absolute Gasteiger partial charge is 0.229 e. The molecule has 0 unspecified atom stereocenters.